The lowest BCUT2D eigenvalue weighted by Crippen LogP contribution is -2.35. The number of carbonyl (C=O) groups excluding carboxylic acids is 3. The van der Waals surface area contributed by atoms with Crippen LogP contribution in [0.1, 0.15) is 48.9 Å². The second-order valence-corrected chi connectivity index (χ2v) is 8.21. The van der Waals surface area contributed by atoms with Crippen molar-refractivity contribution in [2.24, 2.45) is 5.92 Å². The van der Waals surface area contributed by atoms with E-state index in [1.807, 2.05) is 49.4 Å². The zero-order chi connectivity index (χ0) is 21.8. The largest absolute Gasteiger partial charge is 0.455 e. The van der Waals surface area contributed by atoms with Crippen molar-refractivity contribution in [1.82, 2.24) is 5.32 Å². The summed E-state index contributed by atoms with van der Waals surface area (Å²) in [7, 11) is 0. The van der Waals surface area contributed by atoms with Gasteiger partial charge in [-0.2, -0.15) is 0 Å². The normalized spacial score (nSPS) is 20.3. The number of hydrogen-bond acceptors (Lipinski definition) is 4. The van der Waals surface area contributed by atoms with Crippen LogP contribution in [0.3, 0.4) is 0 Å². The van der Waals surface area contributed by atoms with E-state index in [2.05, 4.69) is 11.4 Å². The van der Waals surface area contributed by atoms with Crippen molar-refractivity contribution in [1.29, 1.82) is 0 Å². The van der Waals surface area contributed by atoms with E-state index >= 15 is 0 Å². The van der Waals surface area contributed by atoms with Crippen LogP contribution in [0.25, 0.3) is 0 Å². The minimum absolute atomic E-state index is 0.0507. The monoisotopic (exact) mass is 420 g/mol. The number of rotatable bonds is 6. The van der Waals surface area contributed by atoms with Gasteiger partial charge in [0.2, 0.25) is 5.91 Å². The number of nitrogens with one attached hydrogen (secondary N) is 1. The van der Waals surface area contributed by atoms with Crippen LogP contribution in [0.2, 0.25) is 0 Å². The number of nitrogens with zero attached hydrogens (tertiary/aromatic N) is 1. The summed E-state index contributed by atoms with van der Waals surface area (Å²) >= 11 is 0. The number of benzene rings is 2. The van der Waals surface area contributed by atoms with Crippen LogP contribution in [-0.4, -0.2) is 30.9 Å². The lowest BCUT2D eigenvalue weighted by molar-refractivity contribution is -0.152. The van der Waals surface area contributed by atoms with Crippen LogP contribution < -0.4 is 10.2 Å². The average molecular weight is 421 g/mol. The third-order valence-electron chi connectivity index (χ3n) is 6.17. The van der Waals surface area contributed by atoms with Gasteiger partial charge in [-0.1, -0.05) is 49.4 Å². The highest BCUT2D eigenvalue weighted by Crippen LogP contribution is 2.30. The third kappa shape index (κ3) is 4.63. The van der Waals surface area contributed by atoms with E-state index in [9.17, 15) is 14.4 Å². The number of carbonyl (C=O) groups is 3. The summed E-state index contributed by atoms with van der Waals surface area (Å²) in [5.41, 5.74) is 4.31. The number of para-hydroxylation sites is 1. The van der Waals surface area contributed by atoms with E-state index in [1.165, 1.54) is 5.56 Å². The number of anilines is 1. The van der Waals surface area contributed by atoms with E-state index in [1.54, 1.807) is 4.90 Å². The first-order chi connectivity index (χ1) is 15.1. The van der Waals surface area contributed by atoms with Crippen LogP contribution in [0.15, 0.2) is 48.5 Å². The molecule has 2 atom stereocenters. The van der Waals surface area contributed by atoms with Gasteiger partial charge in [-0.3, -0.25) is 14.4 Å². The summed E-state index contributed by atoms with van der Waals surface area (Å²) in [5.74, 6) is -1.46. The fourth-order valence-electron chi connectivity index (χ4n) is 4.57. The molecule has 0 radical (unpaired) electrons. The topological polar surface area (TPSA) is 75.7 Å². The number of ether oxygens (including phenoxy) is 1. The predicted octanol–water partition coefficient (Wildman–Crippen LogP) is 3.34. The lowest BCUT2D eigenvalue weighted by atomic mass is 9.88. The Bertz CT molecular complexity index is 987. The summed E-state index contributed by atoms with van der Waals surface area (Å²) < 4.78 is 5.28. The highest BCUT2D eigenvalue weighted by atomic mass is 16.5. The van der Waals surface area contributed by atoms with Gasteiger partial charge in [0.25, 0.3) is 5.91 Å². The number of esters is 1. The number of amides is 2. The van der Waals surface area contributed by atoms with Crippen molar-refractivity contribution in [3.05, 3.63) is 65.2 Å². The van der Waals surface area contributed by atoms with Crippen molar-refractivity contribution in [3.8, 4) is 0 Å². The average Bonchev–Trinajstić information content (AvgIpc) is 3.19. The molecule has 0 saturated carbocycles. The first-order valence-corrected chi connectivity index (χ1v) is 11.0. The first kappa shape index (κ1) is 21.1. The Labute approximate surface area is 182 Å². The predicted molar refractivity (Wildman–Crippen MR) is 118 cm³/mol. The highest BCUT2D eigenvalue weighted by Gasteiger charge is 2.37. The van der Waals surface area contributed by atoms with E-state index in [-0.39, 0.29) is 37.4 Å². The molecule has 1 fully saturated rings. The molecule has 2 amide bonds. The molecule has 2 aromatic rings. The molecule has 1 N–H and O–H groups in total. The molecule has 1 saturated heterocycles. The van der Waals surface area contributed by atoms with Crippen molar-refractivity contribution in [2.45, 2.75) is 45.1 Å². The molecule has 2 aromatic carbocycles. The van der Waals surface area contributed by atoms with Gasteiger partial charge in [0, 0.05) is 18.7 Å². The Kier molecular flexibility index (Phi) is 6.35. The molecule has 0 aromatic heterocycles. The van der Waals surface area contributed by atoms with Crippen LogP contribution in [-0.2, 0) is 32.0 Å². The van der Waals surface area contributed by atoms with Gasteiger partial charge in [-0.25, -0.2) is 0 Å². The minimum Gasteiger partial charge on any atom is -0.455 e. The molecule has 0 bridgehead atoms. The van der Waals surface area contributed by atoms with E-state index in [4.69, 9.17) is 4.74 Å². The van der Waals surface area contributed by atoms with Crippen LogP contribution in [0, 0.1) is 5.92 Å². The summed E-state index contributed by atoms with van der Waals surface area (Å²) in [6.07, 6.45) is 3.82. The molecule has 31 heavy (non-hydrogen) atoms. The minimum atomic E-state index is -0.555. The summed E-state index contributed by atoms with van der Waals surface area (Å²) in [4.78, 5) is 39.1. The highest BCUT2D eigenvalue weighted by molar-refractivity contribution is 6.00. The van der Waals surface area contributed by atoms with Gasteiger partial charge in [-0.15, -0.1) is 0 Å². The molecule has 4 rings (SSSR count). The van der Waals surface area contributed by atoms with Crippen molar-refractivity contribution < 1.29 is 19.1 Å². The molecular formula is C25H28N2O4. The number of hydrogen-bond donors (Lipinski definition) is 1. The van der Waals surface area contributed by atoms with Crippen molar-refractivity contribution in [2.75, 3.05) is 18.1 Å². The van der Waals surface area contributed by atoms with Crippen LogP contribution in [0.5, 0.6) is 0 Å². The van der Waals surface area contributed by atoms with Gasteiger partial charge in [0.05, 0.1) is 12.0 Å². The number of aryl methyl sites for hydroxylation is 2. The van der Waals surface area contributed by atoms with E-state index < -0.39 is 11.9 Å². The molecule has 1 heterocycles. The Hall–Kier alpha value is -3.15. The maximum atomic E-state index is 12.5. The standard InChI is InChI=1S/C25H28N2O4/c1-2-17-8-4-6-13-22(17)27-15-19(14-24(27)29)25(30)31-16-23(28)26-21-12-7-10-18-9-3-5-11-20(18)21/h3-6,8-9,11,13,19,21H,2,7,10,12,14-16H2,1H3,(H,26,28)/t19-,21-/m0/s1. The zero-order valence-corrected chi connectivity index (χ0v) is 17.8. The van der Waals surface area contributed by atoms with E-state index in [0.717, 1.165) is 42.5 Å². The first-order valence-electron chi connectivity index (χ1n) is 11.0. The molecule has 0 spiro atoms. The molecule has 1 aliphatic heterocycles. The van der Waals surface area contributed by atoms with Gasteiger partial charge in [0.15, 0.2) is 6.61 Å². The SMILES string of the molecule is CCc1ccccc1N1C[C@@H](C(=O)OCC(=O)N[C@H]2CCCc3ccccc32)CC1=O. The van der Waals surface area contributed by atoms with Crippen LogP contribution >= 0.6 is 0 Å². The summed E-state index contributed by atoms with van der Waals surface area (Å²) in [6.45, 7) is 1.99. The lowest BCUT2D eigenvalue weighted by Gasteiger charge is -2.26. The molecule has 6 nitrogen and oxygen atoms in total. The van der Waals surface area contributed by atoms with Crippen LogP contribution in [0.4, 0.5) is 5.69 Å². The van der Waals surface area contributed by atoms with E-state index in [0.29, 0.717) is 0 Å². The molecule has 1 aliphatic carbocycles. The summed E-state index contributed by atoms with van der Waals surface area (Å²) in [6, 6.07) is 15.8. The molecule has 6 heteroatoms. The van der Waals surface area contributed by atoms with Gasteiger partial charge < -0.3 is 15.0 Å². The Morgan fingerprint density at radius 3 is 2.74 bits per heavy atom. The number of fused-ring (bicyclic) bond motifs is 1. The Balaban J connectivity index is 1.31. The third-order valence-corrected chi connectivity index (χ3v) is 6.17. The molecule has 0 unspecified atom stereocenters. The smallest absolute Gasteiger partial charge is 0.311 e. The fourth-order valence-corrected chi connectivity index (χ4v) is 4.57. The Morgan fingerprint density at radius 1 is 1.13 bits per heavy atom. The maximum absolute atomic E-state index is 12.5. The summed E-state index contributed by atoms with van der Waals surface area (Å²) in [5, 5.41) is 2.99. The second kappa shape index (κ2) is 9.33. The van der Waals surface area contributed by atoms with Crippen molar-refractivity contribution in [3.63, 3.8) is 0 Å². The second-order valence-electron chi connectivity index (χ2n) is 8.21. The van der Waals surface area contributed by atoms with Gasteiger partial charge >= 0.3 is 5.97 Å². The quantitative estimate of drug-likeness (QED) is 0.728. The fraction of sp³-hybridized carbons (Fsp3) is 0.400. The molecule has 162 valence electrons. The maximum Gasteiger partial charge on any atom is 0.311 e. The van der Waals surface area contributed by atoms with Crippen molar-refractivity contribution >= 4 is 23.5 Å². The Morgan fingerprint density at radius 2 is 1.90 bits per heavy atom. The van der Waals surface area contributed by atoms with Gasteiger partial charge in [0.1, 0.15) is 0 Å². The molecular weight excluding hydrogens is 392 g/mol. The molecule has 2 aliphatic rings. The zero-order valence-electron chi connectivity index (χ0n) is 17.8. The van der Waals surface area contributed by atoms with Gasteiger partial charge in [-0.05, 0) is 48.4 Å².